The van der Waals surface area contributed by atoms with Crippen molar-refractivity contribution in [2.24, 2.45) is 0 Å². The van der Waals surface area contributed by atoms with E-state index in [4.69, 9.17) is 0 Å². The van der Waals surface area contributed by atoms with Crippen LogP contribution in [0.3, 0.4) is 0 Å². The summed E-state index contributed by atoms with van der Waals surface area (Å²) in [5.74, 6) is -0.744. The highest BCUT2D eigenvalue weighted by Crippen LogP contribution is 2.27. The van der Waals surface area contributed by atoms with E-state index >= 15 is 0 Å². The monoisotopic (exact) mass is 351 g/mol. The molecule has 0 N–H and O–H groups in total. The smallest absolute Gasteiger partial charge is 0.211 e. The van der Waals surface area contributed by atoms with Gasteiger partial charge in [-0.3, -0.25) is 0 Å². The summed E-state index contributed by atoms with van der Waals surface area (Å²) in [7, 11) is 0. The number of hydrogen-bond acceptors (Lipinski definition) is 1. The minimum absolute atomic E-state index is 0.0890. The first-order valence-electron chi connectivity index (χ1n) is 2.82. The minimum Gasteiger partial charge on any atom is -0.211 e. The third-order valence-corrected chi connectivity index (χ3v) is 2.54. The zero-order valence-electron chi connectivity index (χ0n) is 5.49. The number of pyridine rings is 1. The molecule has 0 aliphatic carbocycles. The van der Waals surface area contributed by atoms with Crippen LogP contribution in [0.15, 0.2) is 10.7 Å². The molecule has 1 rings (SSSR count). The van der Waals surface area contributed by atoms with Crippen LogP contribution >= 0.6 is 38.5 Å². The Labute approximate surface area is 88.6 Å². The Kier molecular flexibility index (Phi) is 3.33. The molecule has 0 fully saturated rings. The van der Waals surface area contributed by atoms with Crippen LogP contribution in [0, 0.1) is 9.52 Å². The van der Waals surface area contributed by atoms with Gasteiger partial charge >= 0.3 is 0 Å². The summed E-state index contributed by atoms with van der Waals surface area (Å²) < 4.78 is 36.9. The highest BCUT2D eigenvalue weighted by Gasteiger charge is 2.15. The second kappa shape index (κ2) is 3.91. The summed E-state index contributed by atoms with van der Waals surface area (Å²) in [4.78, 5) is 3.26. The summed E-state index contributed by atoms with van der Waals surface area (Å²) >= 11 is 4.36. The molecule has 0 saturated heterocycles. The van der Waals surface area contributed by atoms with Crippen molar-refractivity contribution in [3.63, 3.8) is 0 Å². The van der Waals surface area contributed by atoms with Crippen molar-refractivity contribution in [2.45, 2.75) is 6.43 Å². The lowest BCUT2D eigenvalue weighted by molar-refractivity contribution is 0.149. The van der Waals surface area contributed by atoms with Crippen molar-refractivity contribution in [3.05, 3.63) is 25.8 Å². The average Bonchev–Trinajstić information content (AvgIpc) is 1.96. The van der Waals surface area contributed by atoms with Crippen molar-refractivity contribution in [1.82, 2.24) is 4.98 Å². The van der Waals surface area contributed by atoms with Gasteiger partial charge < -0.3 is 0 Å². The number of hydrogen-bond donors (Lipinski definition) is 0. The zero-order valence-corrected chi connectivity index (χ0v) is 9.24. The molecule has 6 heteroatoms. The third-order valence-electron chi connectivity index (χ3n) is 1.15. The molecule has 1 aromatic heterocycles. The molecule has 0 atom stereocenters. The topological polar surface area (TPSA) is 12.9 Å². The maximum absolute atomic E-state index is 12.6. The predicted molar refractivity (Wildman–Crippen MR) is 49.6 cm³/mol. The van der Waals surface area contributed by atoms with Crippen molar-refractivity contribution < 1.29 is 13.2 Å². The van der Waals surface area contributed by atoms with Crippen LogP contribution in [0.5, 0.6) is 0 Å². The van der Waals surface area contributed by atoms with Gasteiger partial charge in [0.2, 0.25) is 5.95 Å². The molecular weight excluding hydrogens is 350 g/mol. The molecule has 12 heavy (non-hydrogen) atoms. The lowest BCUT2D eigenvalue weighted by Gasteiger charge is -2.02. The van der Waals surface area contributed by atoms with Crippen molar-refractivity contribution in [3.8, 4) is 0 Å². The maximum Gasteiger partial charge on any atom is 0.266 e. The number of nitrogens with zero attached hydrogens (tertiary/aromatic N) is 1. The molecule has 0 unspecified atom stereocenters. The van der Waals surface area contributed by atoms with Crippen molar-refractivity contribution >= 4 is 38.5 Å². The normalized spacial score (nSPS) is 10.8. The van der Waals surface area contributed by atoms with E-state index in [1.807, 2.05) is 0 Å². The highest BCUT2D eigenvalue weighted by atomic mass is 127. The van der Waals surface area contributed by atoms with E-state index in [1.54, 1.807) is 22.6 Å². The van der Waals surface area contributed by atoms with Crippen LogP contribution < -0.4 is 0 Å². The van der Waals surface area contributed by atoms with E-state index < -0.39 is 12.4 Å². The van der Waals surface area contributed by atoms with Crippen LogP contribution in [0.2, 0.25) is 0 Å². The van der Waals surface area contributed by atoms with E-state index in [0.29, 0.717) is 0 Å². The quantitative estimate of drug-likeness (QED) is 0.557. The van der Waals surface area contributed by atoms with Crippen LogP contribution in [0.4, 0.5) is 13.2 Å². The first kappa shape index (κ1) is 10.2. The van der Waals surface area contributed by atoms with Gasteiger partial charge in [0, 0.05) is 0 Å². The Morgan fingerprint density at radius 2 is 2.08 bits per heavy atom. The van der Waals surface area contributed by atoms with Gasteiger partial charge in [-0.2, -0.15) is 4.39 Å². The van der Waals surface area contributed by atoms with E-state index in [0.717, 1.165) is 6.07 Å². The Balaban J connectivity index is 3.23. The highest BCUT2D eigenvalue weighted by molar-refractivity contribution is 14.1. The maximum atomic E-state index is 12.6. The summed E-state index contributed by atoms with van der Waals surface area (Å²) in [5.41, 5.74) is -0.291. The Bertz CT molecular complexity index is 305. The first-order chi connectivity index (χ1) is 5.52. The van der Waals surface area contributed by atoms with Gasteiger partial charge in [0.25, 0.3) is 6.43 Å². The van der Waals surface area contributed by atoms with Gasteiger partial charge in [0.15, 0.2) is 0 Å². The molecule has 1 heterocycles. The fraction of sp³-hybridized carbons (Fsp3) is 0.167. The number of alkyl halides is 2. The summed E-state index contributed by atoms with van der Waals surface area (Å²) in [6.07, 6.45) is -2.64. The van der Waals surface area contributed by atoms with Gasteiger partial charge in [0.05, 0.1) is 9.13 Å². The van der Waals surface area contributed by atoms with Crippen LogP contribution in [0.25, 0.3) is 0 Å². The van der Waals surface area contributed by atoms with E-state index in [-0.39, 0.29) is 13.7 Å². The molecule has 0 radical (unpaired) electrons. The Morgan fingerprint density at radius 1 is 1.50 bits per heavy atom. The molecule has 0 aliphatic rings. The van der Waals surface area contributed by atoms with Crippen LogP contribution in [-0.2, 0) is 0 Å². The number of halogens is 5. The van der Waals surface area contributed by atoms with Gasteiger partial charge in [-0.1, -0.05) is 0 Å². The lowest BCUT2D eigenvalue weighted by Crippen LogP contribution is -1.95. The standard InChI is InChI=1S/C6H2BrF3IN/c7-4-2(5(8)9)1-3(11)6(10)12-4/h1,5H. The Hall–Kier alpha value is 0.150. The molecule has 0 aliphatic heterocycles. The number of rotatable bonds is 1. The summed E-state index contributed by atoms with van der Waals surface area (Å²) in [5, 5.41) is 0. The zero-order chi connectivity index (χ0) is 9.30. The molecule has 0 aromatic carbocycles. The van der Waals surface area contributed by atoms with Crippen LogP contribution in [-0.4, -0.2) is 4.98 Å². The molecule has 1 nitrogen and oxygen atoms in total. The van der Waals surface area contributed by atoms with Crippen molar-refractivity contribution in [2.75, 3.05) is 0 Å². The van der Waals surface area contributed by atoms with Gasteiger partial charge in [-0.05, 0) is 44.6 Å². The second-order valence-electron chi connectivity index (χ2n) is 1.94. The van der Waals surface area contributed by atoms with Gasteiger partial charge in [-0.25, -0.2) is 13.8 Å². The Morgan fingerprint density at radius 3 is 2.58 bits per heavy atom. The van der Waals surface area contributed by atoms with E-state index in [1.165, 1.54) is 0 Å². The molecule has 0 spiro atoms. The van der Waals surface area contributed by atoms with E-state index in [9.17, 15) is 13.2 Å². The average molecular weight is 352 g/mol. The molecule has 1 aromatic rings. The SMILES string of the molecule is Fc1nc(Br)c(C(F)F)cc1I. The minimum atomic E-state index is -2.64. The fourth-order valence-electron chi connectivity index (χ4n) is 0.613. The van der Waals surface area contributed by atoms with Crippen LogP contribution in [0.1, 0.15) is 12.0 Å². The van der Waals surface area contributed by atoms with Gasteiger partial charge in [-0.15, -0.1) is 0 Å². The summed E-state index contributed by atoms with van der Waals surface area (Å²) in [6, 6.07) is 1.07. The molecule has 66 valence electrons. The number of aromatic nitrogens is 1. The summed E-state index contributed by atoms with van der Waals surface area (Å²) in [6.45, 7) is 0. The molecular formula is C6H2BrF3IN. The fourth-order valence-corrected chi connectivity index (χ4v) is 1.51. The van der Waals surface area contributed by atoms with Crippen molar-refractivity contribution in [1.29, 1.82) is 0 Å². The predicted octanol–water partition coefficient (Wildman–Crippen LogP) is 3.53. The largest absolute Gasteiger partial charge is 0.266 e. The lowest BCUT2D eigenvalue weighted by atomic mass is 10.3. The second-order valence-corrected chi connectivity index (χ2v) is 3.86. The van der Waals surface area contributed by atoms with E-state index in [2.05, 4.69) is 20.9 Å². The third kappa shape index (κ3) is 2.09. The molecule has 0 saturated carbocycles. The first-order valence-corrected chi connectivity index (χ1v) is 4.69. The van der Waals surface area contributed by atoms with Gasteiger partial charge in [0.1, 0.15) is 4.60 Å². The molecule has 0 bridgehead atoms. The molecule has 0 amide bonds.